The van der Waals surface area contributed by atoms with Crippen molar-refractivity contribution in [3.8, 4) is 0 Å². The molecule has 5 nitrogen and oxygen atoms in total. The summed E-state index contributed by atoms with van der Waals surface area (Å²) in [7, 11) is -3.33. The Kier molecular flexibility index (Phi) is 4.43. The molecule has 0 saturated carbocycles. The van der Waals surface area contributed by atoms with Gasteiger partial charge in [-0.3, -0.25) is 0 Å². The molecule has 0 spiro atoms. The Labute approximate surface area is 129 Å². The van der Waals surface area contributed by atoms with E-state index in [0.717, 1.165) is 0 Å². The predicted molar refractivity (Wildman–Crippen MR) is 84.6 cm³/mol. The minimum absolute atomic E-state index is 0.0759. The minimum Gasteiger partial charge on any atom is -0.389 e. The summed E-state index contributed by atoms with van der Waals surface area (Å²) in [6.07, 6.45) is 0. The van der Waals surface area contributed by atoms with Gasteiger partial charge in [0, 0.05) is 11.1 Å². The van der Waals surface area contributed by atoms with Crippen molar-refractivity contribution in [1.29, 1.82) is 0 Å². The standard InChI is InChI=1S/C14H16N2O3S2/c1-9-13(10(2)19-16-9)8-21(17,18)7-11-4-3-5-12(6-11)14(15)20/h3-6H,7-8H2,1-2H3,(H2,15,20). The lowest BCUT2D eigenvalue weighted by atomic mass is 10.1. The molecule has 1 aromatic heterocycles. The van der Waals surface area contributed by atoms with Gasteiger partial charge in [-0.05, 0) is 25.5 Å². The summed E-state index contributed by atoms with van der Waals surface area (Å²) in [5, 5.41) is 3.77. The van der Waals surface area contributed by atoms with Crippen molar-refractivity contribution >= 4 is 27.0 Å². The fraction of sp³-hybridized carbons (Fsp3) is 0.286. The maximum absolute atomic E-state index is 12.3. The smallest absolute Gasteiger partial charge is 0.158 e. The van der Waals surface area contributed by atoms with Crippen molar-refractivity contribution in [3.63, 3.8) is 0 Å². The molecule has 7 heteroatoms. The average molecular weight is 324 g/mol. The molecule has 2 rings (SSSR count). The predicted octanol–water partition coefficient (Wildman–Crippen LogP) is 2.04. The molecule has 0 bridgehead atoms. The number of nitrogens with two attached hydrogens (primary N) is 1. The molecular formula is C14H16N2O3S2. The maximum atomic E-state index is 12.3. The first-order chi connectivity index (χ1) is 9.78. The van der Waals surface area contributed by atoms with Crippen LogP contribution in [-0.4, -0.2) is 18.6 Å². The summed E-state index contributed by atoms with van der Waals surface area (Å²) < 4.78 is 29.6. The van der Waals surface area contributed by atoms with Crippen LogP contribution < -0.4 is 5.73 Å². The highest BCUT2D eigenvalue weighted by Crippen LogP contribution is 2.19. The zero-order valence-electron chi connectivity index (χ0n) is 11.8. The van der Waals surface area contributed by atoms with E-state index in [9.17, 15) is 8.42 Å². The van der Waals surface area contributed by atoms with Crippen LogP contribution in [0.3, 0.4) is 0 Å². The number of hydrogen-bond acceptors (Lipinski definition) is 5. The SMILES string of the molecule is Cc1noc(C)c1CS(=O)(=O)Cc1cccc(C(N)=S)c1. The molecule has 0 aliphatic heterocycles. The van der Waals surface area contributed by atoms with E-state index in [2.05, 4.69) is 5.16 Å². The largest absolute Gasteiger partial charge is 0.389 e. The van der Waals surface area contributed by atoms with Crippen molar-refractivity contribution < 1.29 is 12.9 Å². The Morgan fingerprint density at radius 1 is 1.33 bits per heavy atom. The van der Waals surface area contributed by atoms with Crippen LogP contribution in [0.4, 0.5) is 0 Å². The van der Waals surface area contributed by atoms with Gasteiger partial charge in [0.05, 0.1) is 17.2 Å². The van der Waals surface area contributed by atoms with Gasteiger partial charge in [0.15, 0.2) is 9.84 Å². The Morgan fingerprint density at radius 2 is 2.05 bits per heavy atom. The van der Waals surface area contributed by atoms with Gasteiger partial charge >= 0.3 is 0 Å². The number of hydrogen-bond donors (Lipinski definition) is 1. The van der Waals surface area contributed by atoms with Gasteiger partial charge in [0.2, 0.25) is 0 Å². The fourth-order valence-electron chi connectivity index (χ4n) is 2.05. The Hall–Kier alpha value is -1.73. The summed E-state index contributed by atoms with van der Waals surface area (Å²) in [6, 6.07) is 6.95. The first-order valence-electron chi connectivity index (χ1n) is 6.29. The van der Waals surface area contributed by atoms with Crippen molar-refractivity contribution in [1.82, 2.24) is 5.16 Å². The number of nitrogens with zero attached hydrogens (tertiary/aromatic N) is 1. The Balaban J connectivity index is 2.22. The lowest BCUT2D eigenvalue weighted by molar-refractivity contribution is 0.392. The average Bonchev–Trinajstić information content (AvgIpc) is 2.70. The molecule has 1 aromatic carbocycles. The van der Waals surface area contributed by atoms with Crippen molar-refractivity contribution in [2.75, 3.05) is 0 Å². The lowest BCUT2D eigenvalue weighted by Gasteiger charge is -2.06. The first kappa shape index (κ1) is 15.7. The van der Waals surface area contributed by atoms with Gasteiger partial charge in [0.25, 0.3) is 0 Å². The van der Waals surface area contributed by atoms with E-state index in [4.69, 9.17) is 22.5 Å². The molecule has 2 N–H and O–H groups in total. The zero-order chi connectivity index (χ0) is 15.6. The van der Waals surface area contributed by atoms with Crippen LogP contribution in [0, 0.1) is 13.8 Å². The van der Waals surface area contributed by atoms with Crippen LogP contribution >= 0.6 is 12.2 Å². The molecule has 0 saturated heterocycles. The summed E-state index contributed by atoms with van der Waals surface area (Å²) in [5.74, 6) is 0.367. The summed E-state index contributed by atoms with van der Waals surface area (Å²) in [6.45, 7) is 3.44. The van der Waals surface area contributed by atoms with Gasteiger partial charge in [-0.15, -0.1) is 0 Å². The van der Waals surface area contributed by atoms with E-state index in [1.807, 2.05) is 0 Å². The molecule has 2 aromatic rings. The van der Waals surface area contributed by atoms with Crippen LogP contribution in [0.1, 0.15) is 28.1 Å². The molecule has 0 radical (unpaired) electrons. The summed E-state index contributed by atoms with van der Waals surface area (Å²) in [5.41, 5.74) is 8.11. The van der Waals surface area contributed by atoms with Gasteiger partial charge in [-0.1, -0.05) is 35.6 Å². The van der Waals surface area contributed by atoms with Crippen LogP contribution in [0.15, 0.2) is 28.8 Å². The highest BCUT2D eigenvalue weighted by molar-refractivity contribution is 7.89. The summed E-state index contributed by atoms with van der Waals surface area (Å²) >= 11 is 4.90. The second-order valence-corrected chi connectivity index (χ2v) is 7.40. The van der Waals surface area contributed by atoms with Gasteiger partial charge in [0.1, 0.15) is 10.7 Å². The molecule has 0 fully saturated rings. The van der Waals surface area contributed by atoms with Crippen LogP contribution in [0.25, 0.3) is 0 Å². The van der Waals surface area contributed by atoms with Gasteiger partial charge < -0.3 is 10.3 Å². The number of aryl methyl sites for hydroxylation is 2. The number of thiocarbonyl (C=S) groups is 1. The Morgan fingerprint density at radius 3 is 2.62 bits per heavy atom. The third-order valence-electron chi connectivity index (χ3n) is 3.14. The highest BCUT2D eigenvalue weighted by atomic mass is 32.2. The zero-order valence-corrected chi connectivity index (χ0v) is 13.4. The minimum atomic E-state index is -3.33. The third kappa shape index (κ3) is 3.89. The number of rotatable bonds is 5. The van der Waals surface area contributed by atoms with E-state index in [-0.39, 0.29) is 16.5 Å². The molecular weight excluding hydrogens is 308 g/mol. The highest BCUT2D eigenvalue weighted by Gasteiger charge is 2.19. The molecule has 0 amide bonds. The molecule has 0 aliphatic rings. The molecule has 21 heavy (non-hydrogen) atoms. The van der Waals surface area contributed by atoms with E-state index in [1.165, 1.54) is 0 Å². The van der Waals surface area contributed by atoms with E-state index >= 15 is 0 Å². The van der Waals surface area contributed by atoms with E-state index in [0.29, 0.717) is 28.1 Å². The fourth-order valence-corrected chi connectivity index (χ4v) is 3.82. The summed E-state index contributed by atoms with van der Waals surface area (Å²) in [4.78, 5) is 0.250. The molecule has 112 valence electrons. The second-order valence-electron chi connectivity index (χ2n) is 4.90. The molecule has 0 atom stereocenters. The van der Waals surface area contributed by atoms with E-state index in [1.54, 1.807) is 38.1 Å². The van der Waals surface area contributed by atoms with Crippen LogP contribution in [0.5, 0.6) is 0 Å². The van der Waals surface area contributed by atoms with Crippen molar-refractivity contribution in [3.05, 3.63) is 52.4 Å². The topological polar surface area (TPSA) is 86.2 Å². The molecule has 1 heterocycles. The molecule has 0 aliphatic carbocycles. The second kappa shape index (κ2) is 5.95. The van der Waals surface area contributed by atoms with Crippen LogP contribution in [-0.2, 0) is 21.3 Å². The number of aromatic nitrogens is 1. The third-order valence-corrected chi connectivity index (χ3v) is 4.88. The number of sulfone groups is 1. The van der Waals surface area contributed by atoms with E-state index < -0.39 is 9.84 Å². The number of benzene rings is 1. The van der Waals surface area contributed by atoms with Crippen LogP contribution in [0.2, 0.25) is 0 Å². The van der Waals surface area contributed by atoms with Gasteiger partial charge in [-0.25, -0.2) is 8.42 Å². The monoisotopic (exact) mass is 324 g/mol. The molecule has 0 unspecified atom stereocenters. The normalized spacial score (nSPS) is 11.5. The lowest BCUT2D eigenvalue weighted by Crippen LogP contribution is -2.12. The first-order valence-corrected chi connectivity index (χ1v) is 8.52. The maximum Gasteiger partial charge on any atom is 0.158 e. The van der Waals surface area contributed by atoms with Gasteiger partial charge in [-0.2, -0.15) is 0 Å². The van der Waals surface area contributed by atoms with Crippen molar-refractivity contribution in [2.45, 2.75) is 25.4 Å². The quantitative estimate of drug-likeness (QED) is 0.847. The van der Waals surface area contributed by atoms with Crippen molar-refractivity contribution in [2.24, 2.45) is 5.73 Å². The Bertz CT molecular complexity index is 760.